The van der Waals surface area contributed by atoms with Gasteiger partial charge < -0.3 is 19.5 Å². The second-order valence-corrected chi connectivity index (χ2v) is 3.77. The van der Waals surface area contributed by atoms with Gasteiger partial charge in [0.2, 0.25) is 0 Å². The first-order valence-corrected chi connectivity index (χ1v) is 5.26. The molecular weight excluding hydrogens is 182 g/mol. The molecular formula is C10H21NO3. The fraction of sp³-hybridized carbons (Fsp3) is 1.00. The quantitative estimate of drug-likeness (QED) is 0.562. The summed E-state index contributed by atoms with van der Waals surface area (Å²) >= 11 is 0. The van der Waals surface area contributed by atoms with E-state index in [1.807, 2.05) is 0 Å². The maximum absolute atomic E-state index is 8.80. The van der Waals surface area contributed by atoms with E-state index in [-0.39, 0.29) is 0 Å². The molecule has 4 nitrogen and oxygen atoms in total. The van der Waals surface area contributed by atoms with Crippen molar-refractivity contribution in [3.63, 3.8) is 0 Å². The molecule has 1 N–H and O–H groups in total. The molecule has 1 saturated heterocycles. The van der Waals surface area contributed by atoms with Gasteiger partial charge in [-0.25, -0.2) is 0 Å². The average molecular weight is 203 g/mol. The van der Waals surface area contributed by atoms with Gasteiger partial charge in [-0.3, -0.25) is 0 Å². The molecule has 1 aliphatic rings. The van der Waals surface area contributed by atoms with Crippen molar-refractivity contribution in [1.29, 1.82) is 0 Å². The van der Waals surface area contributed by atoms with Crippen molar-refractivity contribution < 1.29 is 14.6 Å². The molecule has 0 radical (unpaired) electrons. The molecule has 0 aromatic carbocycles. The predicted molar refractivity (Wildman–Crippen MR) is 54.3 cm³/mol. The normalized spacial score (nSPS) is 18.4. The Balaban J connectivity index is 1.77. The van der Waals surface area contributed by atoms with Gasteiger partial charge in [0.1, 0.15) is 0 Å². The van der Waals surface area contributed by atoms with Crippen LogP contribution in [0.1, 0.15) is 6.42 Å². The highest BCUT2D eigenvalue weighted by atomic mass is 16.5. The monoisotopic (exact) mass is 203 g/mol. The minimum absolute atomic E-state index is 0.325. The molecule has 1 aliphatic heterocycles. The molecule has 4 heteroatoms. The van der Waals surface area contributed by atoms with Gasteiger partial charge in [-0.15, -0.1) is 0 Å². The molecule has 0 aliphatic carbocycles. The van der Waals surface area contributed by atoms with Gasteiger partial charge in [-0.1, -0.05) is 0 Å². The van der Waals surface area contributed by atoms with E-state index in [2.05, 4.69) is 4.90 Å². The number of rotatable bonds is 8. The molecule has 0 saturated carbocycles. The molecule has 0 aromatic rings. The lowest BCUT2D eigenvalue weighted by Crippen LogP contribution is -2.49. The number of likely N-dealkylation sites (tertiary alicyclic amines) is 1. The van der Waals surface area contributed by atoms with Crippen LogP contribution < -0.4 is 0 Å². The summed E-state index contributed by atoms with van der Waals surface area (Å²) in [6, 6.07) is 0. The minimum Gasteiger partial charge on any atom is -0.396 e. The Bertz CT molecular complexity index is 137. The van der Waals surface area contributed by atoms with Crippen LogP contribution in [0.5, 0.6) is 0 Å². The summed E-state index contributed by atoms with van der Waals surface area (Å²) in [5.74, 6) is 0.503. The molecule has 1 heterocycles. The number of nitrogens with zero attached hydrogens (tertiary/aromatic N) is 1. The molecule has 0 bridgehead atoms. The van der Waals surface area contributed by atoms with Crippen LogP contribution in [-0.4, -0.2) is 63.2 Å². The Labute approximate surface area is 85.8 Å². The molecule has 84 valence electrons. The summed E-state index contributed by atoms with van der Waals surface area (Å²) in [5, 5.41) is 8.80. The molecule has 1 rings (SSSR count). The van der Waals surface area contributed by atoms with Gasteiger partial charge >= 0.3 is 0 Å². The Morgan fingerprint density at radius 2 is 2.07 bits per heavy atom. The zero-order valence-electron chi connectivity index (χ0n) is 8.95. The number of aliphatic hydroxyl groups excluding tert-OH is 1. The molecule has 0 spiro atoms. The minimum atomic E-state index is 0.325. The van der Waals surface area contributed by atoms with E-state index in [0.29, 0.717) is 12.5 Å². The van der Waals surface area contributed by atoms with Crippen LogP contribution in [0, 0.1) is 5.92 Å². The molecule has 1 fully saturated rings. The van der Waals surface area contributed by atoms with Crippen molar-refractivity contribution in [2.45, 2.75) is 6.42 Å². The van der Waals surface area contributed by atoms with E-state index >= 15 is 0 Å². The van der Waals surface area contributed by atoms with Crippen LogP contribution in [0.15, 0.2) is 0 Å². The van der Waals surface area contributed by atoms with Gasteiger partial charge in [-0.05, 0) is 6.42 Å². The summed E-state index contributed by atoms with van der Waals surface area (Å²) in [5.41, 5.74) is 0. The third-order valence-electron chi connectivity index (χ3n) is 2.48. The topological polar surface area (TPSA) is 41.9 Å². The third kappa shape index (κ3) is 4.37. The lowest BCUT2D eigenvalue weighted by Gasteiger charge is -2.38. The summed E-state index contributed by atoms with van der Waals surface area (Å²) in [7, 11) is 1.70. The van der Waals surface area contributed by atoms with E-state index in [0.717, 1.165) is 45.9 Å². The largest absolute Gasteiger partial charge is 0.396 e. The fourth-order valence-corrected chi connectivity index (χ4v) is 1.58. The van der Waals surface area contributed by atoms with Crippen LogP contribution in [0.3, 0.4) is 0 Å². The summed E-state index contributed by atoms with van der Waals surface area (Å²) in [6.07, 6.45) is 0.968. The number of ether oxygens (including phenoxy) is 2. The molecule has 0 aromatic heterocycles. The van der Waals surface area contributed by atoms with Crippen LogP contribution in [-0.2, 0) is 9.47 Å². The maximum Gasteiger partial charge on any atom is 0.0593 e. The molecule has 0 unspecified atom stereocenters. The lowest BCUT2D eigenvalue weighted by molar-refractivity contribution is 0.0210. The van der Waals surface area contributed by atoms with Gasteiger partial charge in [0.05, 0.1) is 6.61 Å². The Kier molecular flexibility index (Phi) is 6.10. The molecule has 0 atom stereocenters. The van der Waals surface area contributed by atoms with Crippen LogP contribution >= 0.6 is 0 Å². The lowest BCUT2D eigenvalue weighted by atomic mass is 10.0. The smallest absolute Gasteiger partial charge is 0.0593 e. The highest BCUT2D eigenvalue weighted by Gasteiger charge is 2.24. The number of hydrogen-bond acceptors (Lipinski definition) is 4. The van der Waals surface area contributed by atoms with E-state index in [9.17, 15) is 0 Å². The van der Waals surface area contributed by atoms with Crippen LogP contribution in [0.2, 0.25) is 0 Å². The van der Waals surface area contributed by atoms with Crippen molar-refractivity contribution in [1.82, 2.24) is 4.90 Å². The van der Waals surface area contributed by atoms with Crippen molar-refractivity contribution in [2.24, 2.45) is 5.92 Å². The number of methoxy groups -OCH3 is 1. The molecule has 14 heavy (non-hydrogen) atoms. The van der Waals surface area contributed by atoms with E-state index in [4.69, 9.17) is 14.6 Å². The van der Waals surface area contributed by atoms with Crippen molar-refractivity contribution >= 4 is 0 Å². The highest BCUT2D eigenvalue weighted by Crippen LogP contribution is 2.13. The first-order valence-electron chi connectivity index (χ1n) is 5.26. The van der Waals surface area contributed by atoms with E-state index in [1.54, 1.807) is 7.11 Å². The number of aliphatic hydroxyl groups is 1. The van der Waals surface area contributed by atoms with Crippen molar-refractivity contribution in [2.75, 3.05) is 53.2 Å². The highest BCUT2D eigenvalue weighted by molar-refractivity contribution is 4.78. The van der Waals surface area contributed by atoms with Crippen molar-refractivity contribution in [3.05, 3.63) is 0 Å². The average Bonchev–Trinajstić information content (AvgIpc) is 2.14. The second kappa shape index (κ2) is 7.17. The fourth-order valence-electron chi connectivity index (χ4n) is 1.58. The summed E-state index contributed by atoms with van der Waals surface area (Å²) in [4.78, 5) is 2.30. The van der Waals surface area contributed by atoms with Crippen LogP contribution in [0.25, 0.3) is 0 Å². The maximum atomic E-state index is 8.80. The van der Waals surface area contributed by atoms with Crippen molar-refractivity contribution in [3.8, 4) is 0 Å². The summed E-state index contributed by atoms with van der Waals surface area (Å²) < 4.78 is 10.3. The van der Waals surface area contributed by atoms with Gasteiger partial charge in [0, 0.05) is 52.5 Å². The number of hydrogen-bond donors (Lipinski definition) is 1. The third-order valence-corrected chi connectivity index (χ3v) is 2.48. The van der Waals surface area contributed by atoms with Crippen LogP contribution in [0.4, 0.5) is 0 Å². The van der Waals surface area contributed by atoms with Gasteiger partial charge in [0.25, 0.3) is 0 Å². The predicted octanol–water partition coefficient (Wildman–Crippen LogP) is -0.0364. The van der Waals surface area contributed by atoms with Gasteiger partial charge in [-0.2, -0.15) is 0 Å². The van der Waals surface area contributed by atoms with E-state index in [1.165, 1.54) is 0 Å². The first kappa shape index (κ1) is 11.9. The summed E-state index contributed by atoms with van der Waals surface area (Å²) in [6.45, 7) is 5.72. The second-order valence-electron chi connectivity index (χ2n) is 3.77. The Morgan fingerprint density at radius 1 is 1.29 bits per heavy atom. The zero-order chi connectivity index (χ0) is 10.2. The first-order chi connectivity index (χ1) is 6.86. The zero-order valence-corrected chi connectivity index (χ0v) is 8.95. The Hall–Kier alpha value is -0.160. The SMILES string of the molecule is COCCCOCCN1CC(CO)C1. The Morgan fingerprint density at radius 3 is 2.71 bits per heavy atom. The van der Waals surface area contributed by atoms with E-state index < -0.39 is 0 Å². The molecule has 0 amide bonds. The van der Waals surface area contributed by atoms with Gasteiger partial charge in [0.15, 0.2) is 0 Å². The standard InChI is InChI=1S/C10H21NO3/c1-13-4-2-5-14-6-3-11-7-10(8-11)9-12/h10,12H,2-9H2,1H3.